The van der Waals surface area contributed by atoms with E-state index in [0.717, 1.165) is 22.3 Å². The van der Waals surface area contributed by atoms with Crippen LogP contribution >= 0.6 is 0 Å². The van der Waals surface area contributed by atoms with Gasteiger partial charge >= 0.3 is 0 Å². The largest absolute Gasteiger partial charge is 0.208 e. The molecule has 1 aliphatic rings. The summed E-state index contributed by atoms with van der Waals surface area (Å²) in [6, 6.07) is 52.0. The van der Waals surface area contributed by atoms with Crippen molar-refractivity contribution in [2.24, 2.45) is 0 Å². The van der Waals surface area contributed by atoms with Crippen molar-refractivity contribution in [3.63, 3.8) is 0 Å². The molecule has 0 radical (unpaired) electrons. The molecule has 0 fully saturated rings. The lowest BCUT2D eigenvalue weighted by Gasteiger charge is -2.22. The summed E-state index contributed by atoms with van der Waals surface area (Å²) < 4.78 is 0. The van der Waals surface area contributed by atoms with Crippen LogP contribution in [-0.4, -0.2) is 23.0 Å². The molecule has 0 unspecified atom stereocenters. The summed E-state index contributed by atoms with van der Waals surface area (Å²) in [6.07, 6.45) is 0. The fourth-order valence-corrected chi connectivity index (χ4v) is 8.23. The summed E-state index contributed by atoms with van der Waals surface area (Å²) in [6.45, 7) is 11.8. The van der Waals surface area contributed by atoms with Gasteiger partial charge in [-0.1, -0.05) is 172 Å². The molecule has 0 bridgehead atoms. The maximum Gasteiger partial charge on any atom is 0.164 e. The smallest absolute Gasteiger partial charge is 0.164 e. The Labute approximate surface area is 290 Å². The van der Waals surface area contributed by atoms with E-state index in [9.17, 15) is 0 Å². The third kappa shape index (κ3) is 5.72. The normalized spacial score (nSPS) is 13.2. The summed E-state index contributed by atoms with van der Waals surface area (Å²) >= 11 is 0. The van der Waals surface area contributed by atoms with Gasteiger partial charge in [0, 0.05) is 22.1 Å². The molecule has 3 nitrogen and oxygen atoms in total. The molecule has 6 aromatic carbocycles. The zero-order valence-electron chi connectivity index (χ0n) is 28.7. The SMILES string of the molecule is CC1(C)c2ccccc2-c2ccc(-c3cccc(-c4nc(-c5ccccc5)nc(-c5ccc(-c6cccc([Si](C)(C)C)c6)cc5)n4)c3)cc21. The molecule has 4 heteroatoms. The van der Waals surface area contributed by atoms with E-state index in [1.54, 1.807) is 0 Å². The second-order valence-corrected chi connectivity index (χ2v) is 19.7. The Balaban J connectivity index is 1.18. The van der Waals surface area contributed by atoms with Crippen molar-refractivity contribution in [3.8, 4) is 67.5 Å². The number of benzene rings is 6. The van der Waals surface area contributed by atoms with E-state index in [1.165, 1.54) is 44.1 Å². The Morgan fingerprint density at radius 2 is 0.878 bits per heavy atom. The first-order valence-electron chi connectivity index (χ1n) is 17.0. The number of nitrogens with zero attached hydrogens (tertiary/aromatic N) is 3. The quantitative estimate of drug-likeness (QED) is 0.168. The molecule has 8 rings (SSSR count). The highest BCUT2D eigenvalue weighted by molar-refractivity contribution is 6.88. The number of hydrogen-bond donors (Lipinski definition) is 0. The van der Waals surface area contributed by atoms with Crippen LogP contribution in [0.2, 0.25) is 19.6 Å². The van der Waals surface area contributed by atoms with Gasteiger partial charge in [0.2, 0.25) is 0 Å². The highest BCUT2D eigenvalue weighted by Gasteiger charge is 2.35. The highest BCUT2D eigenvalue weighted by atomic mass is 28.3. The van der Waals surface area contributed by atoms with Crippen molar-refractivity contribution in [2.75, 3.05) is 0 Å². The molecule has 0 saturated carbocycles. The highest BCUT2D eigenvalue weighted by Crippen LogP contribution is 2.49. The lowest BCUT2D eigenvalue weighted by atomic mass is 9.81. The van der Waals surface area contributed by atoms with Crippen molar-refractivity contribution >= 4 is 13.3 Å². The second-order valence-electron chi connectivity index (χ2n) is 14.6. The minimum Gasteiger partial charge on any atom is -0.208 e. The monoisotopic (exact) mass is 649 g/mol. The maximum absolute atomic E-state index is 5.07. The first-order chi connectivity index (χ1) is 23.6. The molecular formula is C45H39N3Si. The van der Waals surface area contributed by atoms with Crippen LogP contribution < -0.4 is 5.19 Å². The van der Waals surface area contributed by atoms with Crippen molar-refractivity contribution in [1.82, 2.24) is 15.0 Å². The van der Waals surface area contributed by atoms with Crippen LogP contribution in [0.25, 0.3) is 67.5 Å². The molecular weight excluding hydrogens is 611 g/mol. The number of aromatic nitrogens is 3. The van der Waals surface area contributed by atoms with E-state index in [0.29, 0.717) is 17.5 Å². The molecule has 0 saturated heterocycles. The zero-order valence-corrected chi connectivity index (χ0v) is 29.7. The summed E-state index contributed by atoms with van der Waals surface area (Å²) in [4.78, 5) is 15.1. The van der Waals surface area contributed by atoms with Crippen LogP contribution in [-0.2, 0) is 5.41 Å². The fourth-order valence-electron chi connectivity index (χ4n) is 7.05. The molecule has 0 aliphatic heterocycles. The van der Waals surface area contributed by atoms with Gasteiger partial charge in [-0.3, -0.25) is 0 Å². The minimum atomic E-state index is -1.42. The van der Waals surface area contributed by atoms with Crippen LogP contribution in [0.15, 0.2) is 146 Å². The summed E-state index contributed by atoms with van der Waals surface area (Å²) in [5.41, 5.74) is 13.0. The van der Waals surface area contributed by atoms with Gasteiger partial charge < -0.3 is 0 Å². The topological polar surface area (TPSA) is 38.7 Å². The van der Waals surface area contributed by atoms with Gasteiger partial charge in [-0.2, -0.15) is 0 Å². The summed E-state index contributed by atoms with van der Waals surface area (Å²) in [5, 5.41) is 1.46. The summed E-state index contributed by atoms with van der Waals surface area (Å²) in [5.74, 6) is 1.98. The molecule has 0 atom stereocenters. The molecule has 1 aromatic heterocycles. The van der Waals surface area contributed by atoms with Crippen molar-refractivity contribution < 1.29 is 0 Å². The van der Waals surface area contributed by atoms with Crippen molar-refractivity contribution in [3.05, 3.63) is 157 Å². The predicted molar refractivity (Wildman–Crippen MR) is 208 cm³/mol. The second kappa shape index (κ2) is 11.9. The maximum atomic E-state index is 5.07. The van der Waals surface area contributed by atoms with Gasteiger partial charge in [0.25, 0.3) is 0 Å². The average Bonchev–Trinajstić information content (AvgIpc) is 3.37. The van der Waals surface area contributed by atoms with Gasteiger partial charge in [0.05, 0.1) is 8.07 Å². The third-order valence-corrected chi connectivity index (χ3v) is 12.0. The van der Waals surface area contributed by atoms with E-state index in [-0.39, 0.29) is 5.41 Å². The molecule has 1 aliphatic carbocycles. The Bertz CT molecular complexity index is 2330. The molecule has 49 heavy (non-hydrogen) atoms. The molecule has 0 N–H and O–H groups in total. The third-order valence-electron chi connectivity index (χ3n) is 9.91. The first-order valence-corrected chi connectivity index (χ1v) is 20.5. The number of fused-ring (bicyclic) bond motifs is 3. The van der Waals surface area contributed by atoms with E-state index < -0.39 is 8.07 Å². The van der Waals surface area contributed by atoms with E-state index in [1.807, 2.05) is 18.2 Å². The molecule has 0 spiro atoms. The van der Waals surface area contributed by atoms with Crippen molar-refractivity contribution in [1.29, 1.82) is 0 Å². The average molecular weight is 650 g/mol. The van der Waals surface area contributed by atoms with Crippen LogP contribution in [0.1, 0.15) is 25.0 Å². The lowest BCUT2D eigenvalue weighted by molar-refractivity contribution is 0.660. The van der Waals surface area contributed by atoms with Crippen LogP contribution in [0, 0.1) is 0 Å². The van der Waals surface area contributed by atoms with Gasteiger partial charge in [0.1, 0.15) is 0 Å². The van der Waals surface area contributed by atoms with Gasteiger partial charge in [-0.15, -0.1) is 0 Å². The lowest BCUT2D eigenvalue weighted by Crippen LogP contribution is -2.37. The Hall–Kier alpha value is -5.45. The Kier molecular flexibility index (Phi) is 7.50. The minimum absolute atomic E-state index is 0.0556. The van der Waals surface area contributed by atoms with E-state index in [2.05, 4.69) is 161 Å². The molecule has 1 heterocycles. The molecule has 7 aromatic rings. The van der Waals surface area contributed by atoms with Crippen LogP contribution in [0.5, 0.6) is 0 Å². The standard InChI is InChI=1S/C45H39N3Si/c1-45(2)40-20-10-9-19-38(40)39-26-25-35(29-41(39)45)33-15-11-17-36(27-33)44-47-42(31-13-7-6-8-14-31)46-43(48-44)32-23-21-30(22-24-32)34-16-12-18-37(28-34)49(3,4)5/h6-29H,1-5H3. The van der Waals surface area contributed by atoms with Crippen LogP contribution in [0.4, 0.5) is 0 Å². The van der Waals surface area contributed by atoms with Crippen LogP contribution in [0.3, 0.4) is 0 Å². The molecule has 238 valence electrons. The van der Waals surface area contributed by atoms with Gasteiger partial charge in [-0.25, -0.2) is 15.0 Å². The van der Waals surface area contributed by atoms with Gasteiger partial charge in [0.15, 0.2) is 17.5 Å². The van der Waals surface area contributed by atoms with Crippen molar-refractivity contribution in [2.45, 2.75) is 38.9 Å². The number of hydrogen-bond acceptors (Lipinski definition) is 3. The Morgan fingerprint density at radius 1 is 0.388 bits per heavy atom. The zero-order chi connectivity index (χ0) is 33.8. The first kappa shape index (κ1) is 30.9. The summed E-state index contributed by atoms with van der Waals surface area (Å²) in [7, 11) is -1.42. The fraction of sp³-hybridized carbons (Fsp3) is 0.133. The number of rotatable bonds is 6. The van der Waals surface area contributed by atoms with Gasteiger partial charge in [-0.05, 0) is 56.6 Å². The molecule has 0 amide bonds. The van der Waals surface area contributed by atoms with E-state index >= 15 is 0 Å². The predicted octanol–water partition coefficient (Wildman–Crippen LogP) is 11.1. The van der Waals surface area contributed by atoms with E-state index in [4.69, 9.17) is 15.0 Å². The Morgan fingerprint density at radius 3 is 1.59 bits per heavy atom.